The van der Waals surface area contributed by atoms with Crippen LogP contribution in [0.1, 0.15) is 5.56 Å². The third-order valence-electron chi connectivity index (χ3n) is 2.41. The number of hydrogen-bond donors (Lipinski definition) is 0. The second-order valence-electron chi connectivity index (χ2n) is 3.81. The van der Waals surface area contributed by atoms with Crippen molar-refractivity contribution in [3.63, 3.8) is 0 Å². The molecule has 0 saturated carbocycles. The highest BCUT2D eigenvalue weighted by Crippen LogP contribution is 2.39. The second-order valence-corrected chi connectivity index (χ2v) is 6.65. The number of fused-ring (bicyclic) bond motifs is 1. The standard InChI is InChI=1S/C10H8BrF3IN2OP/c1-5-2-7-6(3-16-17(7)19-15)8(11)9(5)18-4-10(12,13)14/h2-3,19H,4H2,1H3. The number of nitrogens with zero attached hydrogens (tertiary/aromatic N) is 2. The summed E-state index contributed by atoms with van der Waals surface area (Å²) in [6.45, 7) is 0.406. The Morgan fingerprint density at radius 3 is 2.79 bits per heavy atom. The van der Waals surface area contributed by atoms with Crippen molar-refractivity contribution in [1.82, 2.24) is 9.55 Å². The van der Waals surface area contributed by atoms with E-state index in [-0.39, 0.29) is 5.75 Å². The van der Waals surface area contributed by atoms with Gasteiger partial charge in [0.2, 0.25) is 0 Å². The summed E-state index contributed by atoms with van der Waals surface area (Å²) in [5, 5.41) is 4.92. The number of hydrogen-bond acceptors (Lipinski definition) is 2. The number of benzene rings is 1. The first-order chi connectivity index (χ1) is 8.83. The lowest BCUT2D eigenvalue weighted by Gasteiger charge is -2.13. The molecule has 2 aromatic rings. The fraction of sp³-hybridized carbons (Fsp3) is 0.300. The van der Waals surface area contributed by atoms with Crippen molar-refractivity contribution in [2.45, 2.75) is 13.1 Å². The summed E-state index contributed by atoms with van der Waals surface area (Å²) in [6, 6.07) is 1.78. The first-order valence-electron chi connectivity index (χ1n) is 5.06. The Labute approximate surface area is 130 Å². The van der Waals surface area contributed by atoms with Gasteiger partial charge in [-0.05, 0) is 56.5 Å². The Morgan fingerprint density at radius 2 is 2.21 bits per heavy atom. The zero-order valence-electron chi connectivity index (χ0n) is 9.55. The second kappa shape index (κ2) is 5.73. The molecule has 1 heterocycles. The van der Waals surface area contributed by atoms with Gasteiger partial charge in [-0.2, -0.15) is 18.3 Å². The molecule has 9 heteroatoms. The minimum atomic E-state index is -4.35. The summed E-state index contributed by atoms with van der Waals surface area (Å²) in [6.07, 6.45) is -2.31. The average Bonchev–Trinajstić information content (AvgIpc) is 2.70. The third kappa shape index (κ3) is 3.33. The molecule has 2 rings (SSSR count). The van der Waals surface area contributed by atoms with Crippen LogP contribution in [0.4, 0.5) is 13.2 Å². The maximum absolute atomic E-state index is 12.2. The van der Waals surface area contributed by atoms with Crippen molar-refractivity contribution in [3.8, 4) is 5.75 Å². The Balaban J connectivity index is 2.45. The normalized spacial score (nSPS) is 12.7. The molecule has 0 aliphatic rings. The number of ether oxygens (including phenoxy) is 1. The quantitative estimate of drug-likeness (QED) is 0.478. The smallest absolute Gasteiger partial charge is 0.422 e. The molecule has 3 nitrogen and oxygen atoms in total. The van der Waals surface area contributed by atoms with Gasteiger partial charge in [-0.1, -0.05) is 0 Å². The third-order valence-corrected chi connectivity index (χ3v) is 5.09. The van der Waals surface area contributed by atoms with Crippen molar-refractivity contribution in [1.29, 1.82) is 0 Å². The van der Waals surface area contributed by atoms with Gasteiger partial charge in [0.1, 0.15) is 5.75 Å². The van der Waals surface area contributed by atoms with E-state index < -0.39 is 12.8 Å². The van der Waals surface area contributed by atoms with Crippen LogP contribution in [0.15, 0.2) is 16.7 Å². The van der Waals surface area contributed by atoms with E-state index in [4.69, 9.17) is 4.74 Å². The van der Waals surface area contributed by atoms with Gasteiger partial charge in [-0.3, -0.25) is 0 Å². The number of alkyl halides is 3. The highest BCUT2D eigenvalue weighted by molar-refractivity contribution is 14.2. The maximum atomic E-state index is 12.2. The van der Waals surface area contributed by atoms with Crippen molar-refractivity contribution in [2.24, 2.45) is 0 Å². The molecular formula is C10H8BrF3IN2OP. The van der Waals surface area contributed by atoms with Gasteiger partial charge in [-0.25, -0.2) is 4.45 Å². The number of halogens is 5. The minimum absolute atomic E-state index is 0.209. The molecule has 0 saturated heterocycles. The van der Waals surface area contributed by atoms with Gasteiger partial charge in [0.05, 0.1) is 22.6 Å². The molecule has 19 heavy (non-hydrogen) atoms. The van der Waals surface area contributed by atoms with Crippen LogP contribution in [0.5, 0.6) is 5.75 Å². The van der Waals surface area contributed by atoms with E-state index in [9.17, 15) is 13.2 Å². The van der Waals surface area contributed by atoms with Gasteiger partial charge in [-0.15, -0.1) is 0 Å². The molecule has 1 aromatic carbocycles. The van der Waals surface area contributed by atoms with E-state index >= 15 is 0 Å². The summed E-state index contributed by atoms with van der Waals surface area (Å²) in [7, 11) is 0. The molecular weight excluding hydrogens is 459 g/mol. The first kappa shape index (κ1) is 15.3. The molecule has 1 unspecified atom stereocenters. The van der Waals surface area contributed by atoms with E-state index in [1.165, 1.54) is 0 Å². The van der Waals surface area contributed by atoms with E-state index in [1.807, 2.05) is 0 Å². The zero-order valence-corrected chi connectivity index (χ0v) is 14.3. The fourth-order valence-electron chi connectivity index (χ4n) is 1.63. The SMILES string of the molecule is Cc1cc2c(cnn2PI)c(Br)c1OCC(F)(F)F. The number of aromatic nitrogens is 2. The summed E-state index contributed by atoms with van der Waals surface area (Å²) < 4.78 is 43.8. The summed E-state index contributed by atoms with van der Waals surface area (Å²) in [5.74, 6) is 0.209. The molecule has 0 radical (unpaired) electrons. The predicted molar refractivity (Wildman–Crippen MR) is 81.5 cm³/mol. The lowest BCUT2D eigenvalue weighted by atomic mass is 10.1. The van der Waals surface area contributed by atoms with Gasteiger partial charge < -0.3 is 4.74 Å². The van der Waals surface area contributed by atoms with Crippen LogP contribution >= 0.6 is 44.3 Å². The van der Waals surface area contributed by atoms with Crippen molar-refractivity contribution in [3.05, 3.63) is 22.3 Å². The Hall–Kier alpha value is -0.0800. The van der Waals surface area contributed by atoms with E-state index in [1.54, 1.807) is 23.6 Å². The average molecular weight is 467 g/mol. The van der Waals surface area contributed by atoms with Crippen LogP contribution in [0.2, 0.25) is 0 Å². The molecule has 0 aliphatic heterocycles. The van der Waals surface area contributed by atoms with Crippen LogP contribution in [-0.2, 0) is 0 Å². The highest BCUT2D eigenvalue weighted by atomic mass is 127. The lowest BCUT2D eigenvalue weighted by Crippen LogP contribution is -2.19. The van der Waals surface area contributed by atoms with Crippen LogP contribution in [0, 0.1) is 6.92 Å². The zero-order chi connectivity index (χ0) is 14.2. The van der Waals surface area contributed by atoms with Crippen LogP contribution in [0.25, 0.3) is 10.9 Å². The van der Waals surface area contributed by atoms with E-state index in [0.717, 1.165) is 10.9 Å². The van der Waals surface area contributed by atoms with Gasteiger partial charge in [0.25, 0.3) is 0 Å². The van der Waals surface area contributed by atoms with E-state index in [0.29, 0.717) is 16.4 Å². The predicted octanol–water partition coefficient (Wildman–Crippen LogP) is 4.84. The Morgan fingerprint density at radius 1 is 1.53 bits per heavy atom. The summed E-state index contributed by atoms with van der Waals surface area (Å²) in [5.41, 5.74) is 1.51. The fourth-order valence-corrected chi connectivity index (χ4v) is 3.89. The molecule has 0 amide bonds. The van der Waals surface area contributed by atoms with Crippen LogP contribution in [0.3, 0.4) is 0 Å². The van der Waals surface area contributed by atoms with Gasteiger partial charge in [0.15, 0.2) is 6.61 Å². The van der Waals surface area contributed by atoms with Gasteiger partial charge >= 0.3 is 6.18 Å². The minimum Gasteiger partial charge on any atom is -0.483 e. The monoisotopic (exact) mass is 466 g/mol. The molecule has 104 valence electrons. The molecule has 1 atom stereocenters. The molecule has 0 aliphatic carbocycles. The van der Waals surface area contributed by atoms with Crippen LogP contribution < -0.4 is 4.74 Å². The molecule has 1 aromatic heterocycles. The Bertz CT molecular complexity index is 617. The number of aryl methyl sites for hydroxylation is 1. The summed E-state index contributed by atoms with van der Waals surface area (Å²) >= 11 is 5.49. The molecule has 0 bridgehead atoms. The maximum Gasteiger partial charge on any atom is 0.422 e. The lowest BCUT2D eigenvalue weighted by molar-refractivity contribution is -0.153. The van der Waals surface area contributed by atoms with Crippen molar-refractivity contribution >= 4 is 55.2 Å². The topological polar surface area (TPSA) is 27.1 Å². The van der Waals surface area contributed by atoms with Crippen LogP contribution in [-0.4, -0.2) is 22.3 Å². The Kier molecular flexibility index (Phi) is 4.62. The van der Waals surface area contributed by atoms with Gasteiger partial charge in [0, 0.05) is 5.39 Å². The van der Waals surface area contributed by atoms with Crippen molar-refractivity contribution < 1.29 is 17.9 Å². The largest absolute Gasteiger partial charge is 0.483 e. The first-order valence-corrected chi connectivity index (χ1v) is 9.92. The van der Waals surface area contributed by atoms with Crippen molar-refractivity contribution in [2.75, 3.05) is 6.61 Å². The summed E-state index contributed by atoms with van der Waals surface area (Å²) in [4.78, 5) is 0. The molecule has 0 N–H and O–H groups in total. The highest BCUT2D eigenvalue weighted by Gasteiger charge is 2.29. The molecule has 0 fully saturated rings. The molecule has 0 spiro atoms. The number of rotatable bonds is 3. The van der Waals surface area contributed by atoms with E-state index in [2.05, 4.69) is 43.1 Å².